The molecule has 1 heterocycles. The van der Waals surface area contributed by atoms with Crippen LogP contribution in [0.25, 0.3) is 0 Å². The monoisotopic (exact) mass is 298 g/mol. The van der Waals surface area contributed by atoms with Gasteiger partial charge in [-0.2, -0.15) is 0 Å². The largest absolute Gasteiger partial charge is 0.490 e. The number of aliphatic carboxylic acids is 1. The van der Waals surface area contributed by atoms with E-state index in [1.54, 1.807) is 32.0 Å². The van der Waals surface area contributed by atoms with Gasteiger partial charge < -0.3 is 14.6 Å². The van der Waals surface area contributed by atoms with Crippen molar-refractivity contribution in [2.45, 2.75) is 25.2 Å². The maximum absolute atomic E-state index is 12.3. The van der Waals surface area contributed by atoms with Crippen molar-refractivity contribution in [3.63, 3.8) is 0 Å². The minimum absolute atomic E-state index is 0.0575. The molecular formula is C14H18O5S. The summed E-state index contributed by atoms with van der Waals surface area (Å²) in [7, 11) is -1.39. The molecular weight excluding hydrogens is 280 g/mol. The predicted molar refractivity (Wildman–Crippen MR) is 74.7 cm³/mol. The quantitative estimate of drug-likeness (QED) is 0.921. The number of hydrogen-bond acceptors (Lipinski definition) is 4. The van der Waals surface area contributed by atoms with Crippen molar-refractivity contribution in [3.05, 3.63) is 18.2 Å². The Kier molecular flexibility index (Phi) is 4.32. The van der Waals surface area contributed by atoms with Gasteiger partial charge in [-0.1, -0.05) is 0 Å². The lowest BCUT2D eigenvalue weighted by Crippen LogP contribution is -2.30. The third-order valence-electron chi connectivity index (χ3n) is 3.05. The van der Waals surface area contributed by atoms with E-state index in [1.807, 2.05) is 0 Å². The first kappa shape index (κ1) is 14.8. The second-order valence-electron chi connectivity index (χ2n) is 5.34. The Hall–Kier alpha value is -1.56. The summed E-state index contributed by atoms with van der Waals surface area (Å²) in [5, 5.41) is 9.09. The Labute approximate surface area is 120 Å². The zero-order valence-electron chi connectivity index (χ0n) is 11.5. The number of rotatable bonds is 4. The standard InChI is InChI=1S/C14H18O5S/c1-14(2,13(15)16)9-20(17)10-4-5-11-12(8-10)19-7-3-6-18-11/h4-5,8H,3,6-7,9H2,1-2H3,(H,15,16). The molecule has 0 fully saturated rings. The molecule has 0 radical (unpaired) electrons. The van der Waals surface area contributed by atoms with Crippen LogP contribution >= 0.6 is 0 Å². The molecule has 0 saturated carbocycles. The summed E-state index contributed by atoms with van der Waals surface area (Å²) in [6.45, 7) is 4.29. The van der Waals surface area contributed by atoms with Gasteiger partial charge in [-0.15, -0.1) is 0 Å². The fraction of sp³-hybridized carbons (Fsp3) is 0.500. The molecule has 1 N–H and O–H groups in total. The van der Waals surface area contributed by atoms with E-state index in [1.165, 1.54) is 0 Å². The highest BCUT2D eigenvalue weighted by atomic mass is 32.2. The summed E-state index contributed by atoms with van der Waals surface area (Å²) in [6.07, 6.45) is 0.805. The summed E-state index contributed by atoms with van der Waals surface area (Å²) >= 11 is 0. The number of fused-ring (bicyclic) bond motifs is 1. The van der Waals surface area contributed by atoms with Crippen LogP contribution in [0, 0.1) is 5.41 Å². The molecule has 1 aromatic rings. The summed E-state index contributed by atoms with van der Waals surface area (Å²) in [5.41, 5.74) is -1.03. The molecule has 0 aliphatic carbocycles. The highest BCUT2D eigenvalue weighted by Crippen LogP contribution is 2.32. The molecule has 1 aliphatic heterocycles. The van der Waals surface area contributed by atoms with E-state index in [0.717, 1.165) is 6.42 Å². The smallest absolute Gasteiger partial charge is 0.310 e. The predicted octanol–water partition coefficient (Wildman–Crippen LogP) is 2.07. The minimum atomic E-state index is -1.39. The zero-order chi connectivity index (χ0) is 14.8. The lowest BCUT2D eigenvalue weighted by molar-refractivity contribution is -0.145. The second-order valence-corrected chi connectivity index (χ2v) is 6.79. The molecule has 2 rings (SSSR count). The molecule has 5 nitrogen and oxygen atoms in total. The van der Waals surface area contributed by atoms with E-state index in [-0.39, 0.29) is 5.75 Å². The molecule has 20 heavy (non-hydrogen) atoms. The van der Waals surface area contributed by atoms with Crippen molar-refractivity contribution in [2.75, 3.05) is 19.0 Å². The topological polar surface area (TPSA) is 72.8 Å². The van der Waals surface area contributed by atoms with Crippen molar-refractivity contribution in [1.29, 1.82) is 0 Å². The van der Waals surface area contributed by atoms with Gasteiger partial charge >= 0.3 is 5.97 Å². The molecule has 1 atom stereocenters. The third kappa shape index (κ3) is 3.30. The number of benzene rings is 1. The number of ether oxygens (including phenoxy) is 2. The summed E-state index contributed by atoms with van der Waals surface area (Å²) in [6, 6.07) is 5.10. The van der Waals surface area contributed by atoms with Gasteiger partial charge in [-0.25, -0.2) is 0 Å². The van der Waals surface area contributed by atoms with Crippen molar-refractivity contribution in [1.82, 2.24) is 0 Å². The Morgan fingerprint density at radius 1 is 1.30 bits per heavy atom. The fourth-order valence-corrected chi connectivity index (χ4v) is 3.16. The normalized spacial score (nSPS) is 16.3. The van der Waals surface area contributed by atoms with Crippen LogP contribution in [0.2, 0.25) is 0 Å². The van der Waals surface area contributed by atoms with E-state index in [4.69, 9.17) is 14.6 Å². The molecule has 0 amide bonds. The lowest BCUT2D eigenvalue weighted by Gasteiger charge is -2.18. The minimum Gasteiger partial charge on any atom is -0.490 e. The van der Waals surface area contributed by atoms with Crippen molar-refractivity contribution >= 4 is 16.8 Å². The summed E-state index contributed by atoms with van der Waals surface area (Å²) in [5.74, 6) is 0.310. The van der Waals surface area contributed by atoms with Gasteiger partial charge in [0.15, 0.2) is 11.5 Å². The number of carboxylic acid groups (broad SMARTS) is 1. The van der Waals surface area contributed by atoms with Crippen LogP contribution in [0.15, 0.2) is 23.1 Å². The van der Waals surface area contributed by atoms with Crippen LogP contribution in [0.4, 0.5) is 0 Å². The van der Waals surface area contributed by atoms with Crippen molar-refractivity contribution < 1.29 is 23.6 Å². The Morgan fingerprint density at radius 3 is 2.60 bits per heavy atom. The maximum atomic E-state index is 12.3. The highest BCUT2D eigenvalue weighted by molar-refractivity contribution is 7.85. The first-order valence-corrected chi connectivity index (χ1v) is 7.73. The number of carboxylic acids is 1. The Morgan fingerprint density at radius 2 is 1.95 bits per heavy atom. The molecule has 0 bridgehead atoms. The van der Waals surface area contributed by atoms with Gasteiger partial charge in [0, 0.05) is 23.1 Å². The zero-order valence-corrected chi connectivity index (χ0v) is 12.4. The Bertz CT molecular complexity index is 538. The average Bonchev–Trinajstić information content (AvgIpc) is 2.62. The van der Waals surface area contributed by atoms with E-state index < -0.39 is 22.2 Å². The highest BCUT2D eigenvalue weighted by Gasteiger charge is 2.30. The van der Waals surface area contributed by atoms with Crippen LogP contribution in [-0.2, 0) is 15.6 Å². The molecule has 1 unspecified atom stereocenters. The van der Waals surface area contributed by atoms with Crippen LogP contribution in [0.1, 0.15) is 20.3 Å². The first-order valence-electron chi connectivity index (χ1n) is 6.41. The lowest BCUT2D eigenvalue weighted by atomic mass is 9.97. The Balaban J connectivity index is 2.19. The van der Waals surface area contributed by atoms with Gasteiger partial charge in [0.1, 0.15) is 0 Å². The molecule has 0 aromatic heterocycles. The van der Waals surface area contributed by atoms with E-state index in [9.17, 15) is 9.00 Å². The van der Waals surface area contributed by atoms with Crippen molar-refractivity contribution in [3.8, 4) is 11.5 Å². The van der Waals surface area contributed by atoms with Crippen LogP contribution in [0.3, 0.4) is 0 Å². The fourth-order valence-electron chi connectivity index (χ4n) is 1.76. The second kappa shape index (κ2) is 5.83. The molecule has 1 aliphatic rings. The van der Waals surface area contributed by atoms with Gasteiger partial charge in [0.25, 0.3) is 0 Å². The first-order chi connectivity index (χ1) is 9.40. The van der Waals surface area contributed by atoms with Gasteiger partial charge in [0.05, 0.1) is 29.4 Å². The molecule has 0 spiro atoms. The van der Waals surface area contributed by atoms with Gasteiger partial charge in [0.2, 0.25) is 0 Å². The van der Waals surface area contributed by atoms with E-state index in [2.05, 4.69) is 0 Å². The molecule has 110 valence electrons. The van der Waals surface area contributed by atoms with E-state index in [0.29, 0.717) is 29.6 Å². The molecule has 1 aromatic carbocycles. The van der Waals surface area contributed by atoms with Gasteiger partial charge in [-0.05, 0) is 26.0 Å². The SMILES string of the molecule is CC(C)(CS(=O)c1ccc2c(c1)OCCCO2)C(=O)O. The van der Waals surface area contributed by atoms with Crippen LogP contribution in [-0.4, -0.2) is 34.3 Å². The van der Waals surface area contributed by atoms with Gasteiger partial charge in [-0.3, -0.25) is 9.00 Å². The van der Waals surface area contributed by atoms with E-state index >= 15 is 0 Å². The number of carbonyl (C=O) groups is 1. The summed E-state index contributed by atoms with van der Waals surface area (Å²) in [4.78, 5) is 11.6. The average molecular weight is 298 g/mol. The van der Waals surface area contributed by atoms with Crippen LogP contribution in [0.5, 0.6) is 11.5 Å². The molecule has 0 saturated heterocycles. The molecule has 6 heteroatoms. The van der Waals surface area contributed by atoms with Crippen LogP contribution < -0.4 is 9.47 Å². The number of hydrogen-bond donors (Lipinski definition) is 1. The van der Waals surface area contributed by atoms with Crippen molar-refractivity contribution in [2.24, 2.45) is 5.41 Å². The maximum Gasteiger partial charge on any atom is 0.310 e. The summed E-state index contributed by atoms with van der Waals surface area (Å²) < 4.78 is 23.3. The third-order valence-corrected chi connectivity index (χ3v) is 4.82.